The van der Waals surface area contributed by atoms with Gasteiger partial charge in [0.1, 0.15) is 12.0 Å². The molecule has 3 rings (SSSR count). The van der Waals surface area contributed by atoms with Crippen LogP contribution in [0.15, 0.2) is 47.6 Å². The van der Waals surface area contributed by atoms with Gasteiger partial charge < -0.3 is 18.8 Å². The first kappa shape index (κ1) is 21.7. The van der Waals surface area contributed by atoms with Crippen molar-refractivity contribution < 1.29 is 19.0 Å². The van der Waals surface area contributed by atoms with Gasteiger partial charge >= 0.3 is 0 Å². The highest BCUT2D eigenvalue weighted by atomic mass is 32.2. The Morgan fingerprint density at radius 1 is 1.07 bits per heavy atom. The Morgan fingerprint density at radius 3 is 2.57 bits per heavy atom. The van der Waals surface area contributed by atoms with Crippen LogP contribution >= 0.6 is 11.8 Å². The van der Waals surface area contributed by atoms with Crippen molar-refractivity contribution in [1.82, 2.24) is 14.8 Å². The third kappa shape index (κ3) is 5.33. The van der Waals surface area contributed by atoms with Crippen molar-refractivity contribution in [3.63, 3.8) is 0 Å². The Morgan fingerprint density at radius 2 is 1.87 bits per heavy atom. The Hall–Kier alpha value is -3.00. The lowest BCUT2D eigenvalue weighted by Gasteiger charge is -2.12. The molecule has 0 aliphatic rings. The lowest BCUT2D eigenvalue weighted by molar-refractivity contribution is 0.112. The van der Waals surface area contributed by atoms with E-state index in [1.54, 1.807) is 37.1 Å². The predicted octanol–water partition coefficient (Wildman–Crippen LogP) is 4.26. The quantitative estimate of drug-likeness (QED) is 0.257. The number of carbonyl (C=O) groups is 1. The first-order valence-electron chi connectivity index (χ1n) is 9.67. The average molecular weight is 428 g/mol. The fourth-order valence-corrected chi connectivity index (χ4v) is 3.65. The van der Waals surface area contributed by atoms with Crippen LogP contribution in [0.5, 0.6) is 17.2 Å². The molecule has 30 heavy (non-hydrogen) atoms. The van der Waals surface area contributed by atoms with Crippen molar-refractivity contribution in [3.8, 4) is 28.6 Å². The number of aromatic nitrogens is 3. The molecule has 1 heterocycles. The van der Waals surface area contributed by atoms with E-state index in [9.17, 15) is 4.79 Å². The number of thioether (sulfide) groups is 1. The molecule has 0 spiro atoms. The van der Waals surface area contributed by atoms with E-state index < -0.39 is 0 Å². The molecule has 0 aliphatic heterocycles. The summed E-state index contributed by atoms with van der Waals surface area (Å²) in [6.45, 7) is 2.95. The molecule has 0 aliphatic carbocycles. The number of benzene rings is 2. The second kappa shape index (κ2) is 10.7. The highest BCUT2D eigenvalue weighted by molar-refractivity contribution is 7.99. The number of aldehydes is 1. The summed E-state index contributed by atoms with van der Waals surface area (Å²) in [7, 11) is 3.61. The molecule has 3 aromatic rings. The van der Waals surface area contributed by atoms with Gasteiger partial charge in [0.2, 0.25) is 0 Å². The van der Waals surface area contributed by atoms with E-state index in [2.05, 4.69) is 10.2 Å². The number of hydrogen-bond donors (Lipinski definition) is 0. The van der Waals surface area contributed by atoms with Gasteiger partial charge in [0.05, 0.1) is 20.3 Å². The molecule has 0 amide bonds. The van der Waals surface area contributed by atoms with E-state index in [0.717, 1.165) is 40.8 Å². The maximum Gasteiger partial charge on any atom is 0.191 e. The molecule has 0 N–H and O–H groups in total. The number of rotatable bonds is 11. The van der Waals surface area contributed by atoms with E-state index in [4.69, 9.17) is 14.2 Å². The van der Waals surface area contributed by atoms with E-state index in [-0.39, 0.29) is 0 Å². The Labute approximate surface area is 180 Å². The molecule has 7 nitrogen and oxygen atoms in total. The van der Waals surface area contributed by atoms with Gasteiger partial charge in [0.25, 0.3) is 0 Å². The second-order valence-electron chi connectivity index (χ2n) is 6.40. The maximum atomic E-state index is 10.9. The van der Waals surface area contributed by atoms with Crippen molar-refractivity contribution in [2.45, 2.75) is 18.5 Å². The number of carbonyl (C=O) groups excluding carboxylic acids is 1. The summed E-state index contributed by atoms with van der Waals surface area (Å²) in [5, 5.41) is 9.46. The van der Waals surface area contributed by atoms with E-state index in [1.807, 2.05) is 42.8 Å². The zero-order valence-corrected chi connectivity index (χ0v) is 18.1. The summed E-state index contributed by atoms with van der Waals surface area (Å²) in [5.74, 6) is 3.70. The van der Waals surface area contributed by atoms with Crippen LogP contribution in [0.1, 0.15) is 23.7 Å². The largest absolute Gasteiger partial charge is 0.497 e. The predicted molar refractivity (Wildman–Crippen MR) is 117 cm³/mol. The van der Waals surface area contributed by atoms with Crippen LogP contribution in [-0.2, 0) is 7.05 Å². The molecule has 0 bridgehead atoms. The zero-order valence-electron chi connectivity index (χ0n) is 17.3. The number of methoxy groups -OCH3 is 1. The molecular weight excluding hydrogens is 402 g/mol. The summed E-state index contributed by atoms with van der Waals surface area (Å²) in [6.07, 6.45) is 1.63. The molecule has 0 atom stereocenters. The van der Waals surface area contributed by atoms with E-state index >= 15 is 0 Å². The molecule has 0 saturated heterocycles. The van der Waals surface area contributed by atoms with Crippen LogP contribution < -0.4 is 14.2 Å². The lowest BCUT2D eigenvalue weighted by atomic mass is 10.2. The van der Waals surface area contributed by atoms with Gasteiger partial charge in [-0.25, -0.2) is 0 Å². The van der Waals surface area contributed by atoms with Crippen molar-refractivity contribution in [2.75, 3.05) is 26.1 Å². The molecule has 0 saturated carbocycles. The van der Waals surface area contributed by atoms with Gasteiger partial charge in [0.15, 0.2) is 22.5 Å². The normalized spacial score (nSPS) is 10.6. The van der Waals surface area contributed by atoms with Crippen LogP contribution in [0, 0.1) is 0 Å². The highest BCUT2D eigenvalue weighted by Gasteiger charge is 2.11. The SMILES string of the molecule is CCOc1cc(C=O)ccc1OCCCSc1nnc(-c2ccc(OC)cc2)n1C. The van der Waals surface area contributed by atoms with Crippen molar-refractivity contribution in [2.24, 2.45) is 7.05 Å². The van der Waals surface area contributed by atoms with Gasteiger partial charge in [-0.3, -0.25) is 4.79 Å². The molecule has 0 radical (unpaired) electrons. The number of nitrogens with zero attached hydrogens (tertiary/aromatic N) is 3. The summed E-state index contributed by atoms with van der Waals surface area (Å²) < 4.78 is 18.6. The van der Waals surface area contributed by atoms with Crippen LogP contribution in [0.25, 0.3) is 11.4 Å². The summed E-state index contributed by atoms with van der Waals surface area (Å²) in [4.78, 5) is 10.9. The monoisotopic (exact) mass is 427 g/mol. The average Bonchev–Trinajstić information content (AvgIpc) is 3.14. The number of ether oxygens (including phenoxy) is 3. The molecule has 0 unspecified atom stereocenters. The van der Waals surface area contributed by atoms with Crippen LogP contribution in [-0.4, -0.2) is 47.1 Å². The fraction of sp³-hybridized carbons (Fsp3) is 0.318. The third-order valence-electron chi connectivity index (χ3n) is 4.36. The molecule has 8 heteroatoms. The molecule has 2 aromatic carbocycles. The minimum atomic E-state index is 0.511. The highest BCUT2D eigenvalue weighted by Crippen LogP contribution is 2.29. The second-order valence-corrected chi connectivity index (χ2v) is 7.46. The topological polar surface area (TPSA) is 75.5 Å². The van der Waals surface area contributed by atoms with Gasteiger partial charge in [-0.2, -0.15) is 0 Å². The smallest absolute Gasteiger partial charge is 0.191 e. The molecule has 158 valence electrons. The van der Waals surface area contributed by atoms with Gasteiger partial charge in [-0.05, 0) is 55.8 Å². The molecule has 1 aromatic heterocycles. The van der Waals surface area contributed by atoms with E-state index in [0.29, 0.717) is 30.3 Å². The van der Waals surface area contributed by atoms with Crippen LogP contribution in [0.2, 0.25) is 0 Å². The fourth-order valence-electron chi connectivity index (χ4n) is 2.82. The van der Waals surface area contributed by atoms with E-state index in [1.165, 1.54) is 0 Å². The van der Waals surface area contributed by atoms with Gasteiger partial charge in [-0.1, -0.05) is 11.8 Å². The van der Waals surface area contributed by atoms with Crippen molar-refractivity contribution in [3.05, 3.63) is 48.0 Å². The summed E-state index contributed by atoms with van der Waals surface area (Å²) in [6, 6.07) is 12.9. The summed E-state index contributed by atoms with van der Waals surface area (Å²) in [5.41, 5.74) is 1.56. The number of hydrogen-bond acceptors (Lipinski definition) is 7. The van der Waals surface area contributed by atoms with Crippen molar-refractivity contribution >= 4 is 18.0 Å². The third-order valence-corrected chi connectivity index (χ3v) is 5.47. The van der Waals surface area contributed by atoms with Crippen molar-refractivity contribution in [1.29, 1.82) is 0 Å². The lowest BCUT2D eigenvalue weighted by Crippen LogP contribution is -2.03. The standard InChI is InChI=1S/C22H25N3O4S/c1-4-28-20-14-16(15-26)6-11-19(20)29-12-5-13-30-22-24-23-21(25(22)2)17-7-9-18(27-3)10-8-17/h6-11,14-15H,4-5,12-13H2,1-3H3. The minimum Gasteiger partial charge on any atom is -0.497 e. The molecular formula is C22H25N3O4S. The van der Waals surface area contributed by atoms with Gasteiger partial charge in [0, 0.05) is 23.9 Å². The Balaban J connectivity index is 1.51. The van der Waals surface area contributed by atoms with Gasteiger partial charge in [-0.15, -0.1) is 10.2 Å². The maximum absolute atomic E-state index is 10.9. The first-order valence-corrected chi connectivity index (χ1v) is 10.7. The Bertz CT molecular complexity index is 973. The summed E-state index contributed by atoms with van der Waals surface area (Å²) >= 11 is 1.63. The molecule has 0 fully saturated rings. The first-order chi connectivity index (χ1) is 14.7. The Kier molecular flexibility index (Phi) is 7.73. The van der Waals surface area contributed by atoms with Crippen LogP contribution in [0.3, 0.4) is 0 Å². The zero-order chi connectivity index (χ0) is 21.3. The minimum absolute atomic E-state index is 0.511. The van der Waals surface area contributed by atoms with Crippen LogP contribution in [0.4, 0.5) is 0 Å².